The summed E-state index contributed by atoms with van der Waals surface area (Å²) in [6, 6.07) is 4.91. The van der Waals surface area contributed by atoms with Crippen molar-refractivity contribution in [2.45, 2.75) is 24.2 Å². The third-order valence-electron chi connectivity index (χ3n) is 4.60. The van der Waals surface area contributed by atoms with Crippen LogP contribution in [0.3, 0.4) is 0 Å². The van der Waals surface area contributed by atoms with Gasteiger partial charge in [-0.05, 0) is 31.4 Å². The van der Waals surface area contributed by atoms with Gasteiger partial charge in [-0.25, -0.2) is 13.4 Å². The molecule has 3 aromatic rings. The average Bonchev–Trinajstić information content (AvgIpc) is 3.17. The number of benzene rings is 1. The van der Waals surface area contributed by atoms with E-state index in [0.29, 0.717) is 28.5 Å². The van der Waals surface area contributed by atoms with Crippen LogP contribution < -0.4 is 14.5 Å². The van der Waals surface area contributed by atoms with E-state index in [4.69, 9.17) is 0 Å². The fourth-order valence-electron chi connectivity index (χ4n) is 3.22. The molecule has 9 nitrogen and oxygen atoms in total. The summed E-state index contributed by atoms with van der Waals surface area (Å²) >= 11 is 0.985. The van der Waals surface area contributed by atoms with Crippen LogP contribution in [0.1, 0.15) is 19.3 Å². The number of nitrogens with one attached hydrogen (secondary N) is 1. The molecule has 0 radical (unpaired) electrons. The maximum Gasteiger partial charge on any atom is 0.264 e. The number of fused-ring (bicyclic) bond motifs is 1. The normalized spacial score (nSPS) is 15.0. The number of sulfonamides is 1. The number of nitrogens with zero attached hydrogens (tertiary/aromatic N) is 6. The van der Waals surface area contributed by atoms with Gasteiger partial charge in [-0.3, -0.25) is 4.72 Å². The molecule has 0 saturated carbocycles. The summed E-state index contributed by atoms with van der Waals surface area (Å²) in [5.41, 5.74) is 1.24. The van der Waals surface area contributed by atoms with Crippen molar-refractivity contribution in [1.82, 2.24) is 18.7 Å². The number of hydrogen-bond donors (Lipinski definition) is 1. The maximum atomic E-state index is 13.0. The molecule has 1 saturated heterocycles. The van der Waals surface area contributed by atoms with E-state index in [1.165, 1.54) is 18.7 Å². The van der Waals surface area contributed by atoms with Gasteiger partial charge in [-0.15, -0.1) is 0 Å². The Labute approximate surface area is 167 Å². The Kier molecular flexibility index (Phi) is 5.02. The van der Waals surface area contributed by atoms with Crippen molar-refractivity contribution in [1.29, 1.82) is 0 Å². The van der Waals surface area contributed by atoms with E-state index in [2.05, 4.69) is 28.3 Å². The zero-order chi connectivity index (χ0) is 19.7. The predicted molar refractivity (Wildman–Crippen MR) is 111 cm³/mol. The Morgan fingerprint density at radius 1 is 1.14 bits per heavy atom. The fraction of sp³-hybridized carbons (Fsp3) is 0.412. The van der Waals surface area contributed by atoms with E-state index in [0.717, 1.165) is 37.7 Å². The molecule has 1 aliphatic rings. The molecule has 0 spiro atoms. The minimum atomic E-state index is -3.87. The van der Waals surface area contributed by atoms with Crippen molar-refractivity contribution in [2.75, 3.05) is 41.7 Å². The summed E-state index contributed by atoms with van der Waals surface area (Å²) in [4.78, 5) is 13.0. The first-order valence-corrected chi connectivity index (χ1v) is 11.2. The molecule has 1 fully saturated rings. The van der Waals surface area contributed by atoms with Crippen molar-refractivity contribution < 1.29 is 8.42 Å². The first-order chi connectivity index (χ1) is 13.5. The highest BCUT2D eigenvalue weighted by molar-refractivity contribution is 7.93. The van der Waals surface area contributed by atoms with Crippen LogP contribution in [-0.2, 0) is 10.0 Å². The predicted octanol–water partition coefficient (Wildman–Crippen LogP) is 2.34. The number of rotatable bonds is 5. The SMILES string of the molecule is CN(C)c1nc(N2CCCCC2)ncc1NS(=O)(=O)c1cccc2nsnc12. The Morgan fingerprint density at radius 3 is 2.68 bits per heavy atom. The zero-order valence-electron chi connectivity index (χ0n) is 15.7. The van der Waals surface area contributed by atoms with E-state index >= 15 is 0 Å². The number of anilines is 3. The molecule has 0 unspecified atom stereocenters. The van der Waals surface area contributed by atoms with Crippen molar-refractivity contribution in [3.05, 3.63) is 24.4 Å². The van der Waals surface area contributed by atoms with E-state index in [1.54, 1.807) is 17.0 Å². The fourth-order valence-corrected chi connectivity index (χ4v) is 5.03. The lowest BCUT2D eigenvalue weighted by Gasteiger charge is -2.28. The van der Waals surface area contributed by atoms with E-state index < -0.39 is 10.0 Å². The summed E-state index contributed by atoms with van der Waals surface area (Å²) in [6.45, 7) is 1.83. The monoisotopic (exact) mass is 419 g/mol. The molecule has 148 valence electrons. The van der Waals surface area contributed by atoms with Gasteiger partial charge in [0.05, 0.1) is 17.9 Å². The molecule has 0 aliphatic carbocycles. The van der Waals surface area contributed by atoms with Gasteiger partial charge in [0.2, 0.25) is 5.95 Å². The van der Waals surface area contributed by atoms with Gasteiger partial charge >= 0.3 is 0 Å². The molecule has 0 amide bonds. The highest BCUT2D eigenvalue weighted by Gasteiger charge is 2.23. The number of piperidine rings is 1. The van der Waals surface area contributed by atoms with Gasteiger partial charge < -0.3 is 9.80 Å². The summed E-state index contributed by atoms with van der Waals surface area (Å²) in [7, 11) is -0.220. The van der Waals surface area contributed by atoms with E-state index in [9.17, 15) is 8.42 Å². The lowest BCUT2D eigenvalue weighted by Crippen LogP contribution is -2.31. The summed E-state index contributed by atoms with van der Waals surface area (Å²) < 4.78 is 36.9. The van der Waals surface area contributed by atoms with Crippen LogP contribution in [0.25, 0.3) is 11.0 Å². The Morgan fingerprint density at radius 2 is 1.93 bits per heavy atom. The molecule has 1 aromatic carbocycles. The van der Waals surface area contributed by atoms with E-state index in [1.807, 2.05) is 14.1 Å². The van der Waals surface area contributed by atoms with Crippen molar-refractivity contribution in [2.24, 2.45) is 0 Å². The lowest BCUT2D eigenvalue weighted by atomic mass is 10.1. The van der Waals surface area contributed by atoms with Gasteiger partial charge in [0.15, 0.2) is 5.82 Å². The molecular weight excluding hydrogens is 398 g/mol. The van der Waals surface area contributed by atoms with E-state index in [-0.39, 0.29) is 4.90 Å². The molecule has 3 heterocycles. The highest BCUT2D eigenvalue weighted by Crippen LogP contribution is 2.29. The van der Waals surface area contributed by atoms with Crippen LogP contribution in [0.15, 0.2) is 29.3 Å². The third-order valence-corrected chi connectivity index (χ3v) is 6.54. The second kappa shape index (κ2) is 7.47. The quantitative estimate of drug-likeness (QED) is 0.672. The van der Waals surface area contributed by atoms with Crippen molar-refractivity contribution >= 4 is 50.2 Å². The van der Waals surface area contributed by atoms with Crippen LogP contribution in [0, 0.1) is 0 Å². The van der Waals surface area contributed by atoms with Gasteiger partial charge in [0.25, 0.3) is 10.0 Å². The molecule has 0 atom stereocenters. The molecular formula is C17H21N7O2S2. The van der Waals surface area contributed by atoms with Crippen LogP contribution in [-0.4, -0.2) is 54.3 Å². The van der Waals surface area contributed by atoms with Crippen LogP contribution >= 0.6 is 11.7 Å². The lowest BCUT2D eigenvalue weighted by molar-refractivity contribution is 0.568. The number of aromatic nitrogens is 4. The molecule has 1 aliphatic heterocycles. The average molecular weight is 420 g/mol. The molecule has 28 heavy (non-hydrogen) atoms. The van der Waals surface area contributed by atoms with Crippen LogP contribution in [0.5, 0.6) is 0 Å². The van der Waals surface area contributed by atoms with Gasteiger partial charge in [-0.1, -0.05) is 6.07 Å². The first-order valence-electron chi connectivity index (χ1n) is 8.99. The second-order valence-corrected chi connectivity index (χ2v) is 9.02. The third kappa shape index (κ3) is 3.59. The van der Waals surface area contributed by atoms with Crippen molar-refractivity contribution in [3.8, 4) is 0 Å². The molecule has 1 N–H and O–H groups in total. The largest absolute Gasteiger partial charge is 0.361 e. The first kappa shape index (κ1) is 18.8. The molecule has 2 aromatic heterocycles. The molecule has 11 heteroatoms. The Balaban J connectivity index is 1.69. The second-order valence-electron chi connectivity index (χ2n) is 6.84. The Hall–Kier alpha value is -2.53. The van der Waals surface area contributed by atoms with Gasteiger partial charge in [0.1, 0.15) is 21.6 Å². The van der Waals surface area contributed by atoms with Crippen LogP contribution in [0.2, 0.25) is 0 Å². The summed E-state index contributed by atoms with van der Waals surface area (Å²) in [5, 5.41) is 0. The summed E-state index contributed by atoms with van der Waals surface area (Å²) in [5.74, 6) is 1.14. The maximum absolute atomic E-state index is 13.0. The molecule has 0 bridgehead atoms. The Bertz CT molecular complexity index is 1090. The van der Waals surface area contributed by atoms with Gasteiger partial charge in [0, 0.05) is 27.2 Å². The minimum Gasteiger partial charge on any atom is -0.361 e. The van der Waals surface area contributed by atoms with Crippen LogP contribution in [0.4, 0.5) is 17.5 Å². The van der Waals surface area contributed by atoms with Gasteiger partial charge in [-0.2, -0.15) is 13.7 Å². The summed E-state index contributed by atoms with van der Waals surface area (Å²) in [6.07, 6.45) is 4.97. The standard InChI is InChI=1S/C17H21N7O2S2/c1-23(2)16-13(11-18-17(19-16)24-9-4-3-5-10-24)22-28(25,26)14-8-6-7-12-15(14)21-27-20-12/h6-8,11,22H,3-5,9-10H2,1-2H3. The molecule has 4 rings (SSSR count). The topological polar surface area (TPSA) is 104 Å². The zero-order valence-corrected chi connectivity index (χ0v) is 17.3. The number of hydrogen-bond acceptors (Lipinski definition) is 9. The minimum absolute atomic E-state index is 0.0866. The highest BCUT2D eigenvalue weighted by atomic mass is 32.2. The van der Waals surface area contributed by atoms with Crippen molar-refractivity contribution in [3.63, 3.8) is 0 Å². The smallest absolute Gasteiger partial charge is 0.264 e.